The number of rotatable bonds is 3. The number of fused-ring (bicyclic) bond motifs is 1. The molecular formula is C20H20F2N2O2S. The summed E-state index contributed by atoms with van der Waals surface area (Å²) in [5.41, 5.74) is 1.07. The molecule has 4 rings (SSSR count). The van der Waals surface area contributed by atoms with E-state index in [1.807, 2.05) is 24.3 Å². The third kappa shape index (κ3) is 3.72. The summed E-state index contributed by atoms with van der Waals surface area (Å²) in [6.07, 6.45) is -0.394. The number of β-amino-alcohol motifs (C(OH)–C–C–N with tert-alkyl or cyclic N) is 1. The third-order valence-electron chi connectivity index (χ3n) is 5.07. The molecule has 0 spiro atoms. The van der Waals surface area contributed by atoms with Gasteiger partial charge < -0.3 is 10.0 Å². The summed E-state index contributed by atoms with van der Waals surface area (Å²) in [6.45, 7) is 0.920. The highest BCUT2D eigenvalue weighted by molar-refractivity contribution is 7.99. The number of anilines is 1. The van der Waals surface area contributed by atoms with Gasteiger partial charge in [0.1, 0.15) is 11.6 Å². The predicted molar refractivity (Wildman–Crippen MR) is 101 cm³/mol. The molecule has 1 saturated heterocycles. The van der Waals surface area contributed by atoms with Gasteiger partial charge in [0.05, 0.1) is 18.3 Å². The van der Waals surface area contributed by atoms with Crippen molar-refractivity contribution in [1.82, 2.24) is 4.90 Å². The number of aliphatic hydroxyl groups is 1. The number of thioether (sulfide) groups is 1. The summed E-state index contributed by atoms with van der Waals surface area (Å²) in [4.78, 5) is 17.5. The van der Waals surface area contributed by atoms with E-state index in [1.54, 1.807) is 21.6 Å². The standard InChI is InChI=1S/C20H20F2N2O2S/c21-13-5-6-16(22)15(9-13)18-10-14(25)11-23(18)12-20(26)24-7-8-27-19-4-2-1-3-17(19)24/h1-6,9,14,18,25H,7-8,10-12H2. The Kier molecular flexibility index (Phi) is 5.16. The zero-order valence-electron chi connectivity index (χ0n) is 14.6. The Morgan fingerprint density at radius 2 is 2.04 bits per heavy atom. The van der Waals surface area contributed by atoms with Crippen molar-refractivity contribution in [1.29, 1.82) is 0 Å². The number of aliphatic hydroxyl groups excluding tert-OH is 1. The van der Waals surface area contributed by atoms with E-state index in [0.29, 0.717) is 6.54 Å². The summed E-state index contributed by atoms with van der Waals surface area (Å²) >= 11 is 1.72. The molecule has 2 aromatic carbocycles. The first kappa shape index (κ1) is 18.4. The number of para-hydroxylation sites is 1. The lowest BCUT2D eigenvalue weighted by atomic mass is 10.0. The van der Waals surface area contributed by atoms with Crippen molar-refractivity contribution in [2.45, 2.75) is 23.5 Å². The maximum Gasteiger partial charge on any atom is 0.241 e. The van der Waals surface area contributed by atoms with E-state index in [2.05, 4.69) is 0 Å². The van der Waals surface area contributed by atoms with Crippen LogP contribution in [0.25, 0.3) is 0 Å². The van der Waals surface area contributed by atoms with Gasteiger partial charge in [-0.15, -0.1) is 11.8 Å². The molecule has 2 heterocycles. The van der Waals surface area contributed by atoms with Crippen molar-refractivity contribution in [2.75, 3.05) is 30.3 Å². The number of benzene rings is 2. The number of hydrogen-bond donors (Lipinski definition) is 1. The molecule has 7 heteroatoms. The van der Waals surface area contributed by atoms with Crippen LogP contribution in [0.1, 0.15) is 18.0 Å². The number of nitrogens with zero attached hydrogens (tertiary/aromatic N) is 2. The largest absolute Gasteiger partial charge is 0.392 e. The topological polar surface area (TPSA) is 43.8 Å². The highest BCUT2D eigenvalue weighted by Gasteiger charge is 2.36. The molecule has 4 nitrogen and oxygen atoms in total. The van der Waals surface area contributed by atoms with Gasteiger partial charge in [-0.2, -0.15) is 0 Å². The van der Waals surface area contributed by atoms with Gasteiger partial charge in [0, 0.05) is 35.3 Å². The smallest absolute Gasteiger partial charge is 0.241 e. The molecule has 1 amide bonds. The van der Waals surface area contributed by atoms with E-state index in [9.17, 15) is 18.7 Å². The molecule has 27 heavy (non-hydrogen) atoms. The van der Waals surface area contributed by atoms with Crippen molar-refractivity contribution < 1.29 is 18.7 Å². The fourth-order valence-electron chi connectivity index (χ4n) is 3.84. The van der Waals surface area contributed by atoms with Crippen LogP contribution in [0.15, 0.2) is 47.4 Å². The van der Waals surface area contributed by atoms with E-state index >= 15 is 0 Å². The summed E-state index contributed by atoms with van der Waals surface area (Å²) in [7, 11) is 0. The predicted octanol–water partition coefficient (Wildman–Crippen LogP) is 3.21. The molecule has 2 atom stereocenters. The Bertz CT molecular complexity index is 864. The van der Waals surface area contributed by atoms with Crippen LogP contribution in [-0.2, 0) is 4.79 Å². The Balaban J connectivity index is 1.56. The van der Waals surface area contributed by atoms with Crippen molar-refractivity contribution in [2.24, 2.45) is 0 Å². The molecule has 0 bridgehead atoms. The Morgan fingerprint density at radius 1 is 1.22 bits per heavy atom. The first-order valence-corrected chi connectivity index (χ1v) is 9.91. The quantitative estimate of drug-likeness (QED) is 0.874. The number of carbonyl (C=O) groups is 1. The van der Waals surface area contributed by atoms with Crippen molar-refractivity contribution in [3.8, 4) is 0 Å². The van der Waals surface area contributed by atoms with Gasteiger partial charge in [-0.05, 0) is 36.8 Å². The summed E-state index contributed by atoms with van der Waals surface area (Å²) in [6, 6.07) is 10.5. The molecule has 0 aromatic heterocycles. The van der Waals surface area contributed by atoms with Crippen LogP contribution >= 0.6 is 11.8 Å². The molecule has 2 aliphatic heterocycles. The molecular weight excluding hydrogens is 370 g/mol. The van der Waals surface area contributed by atoms with Crippen LogP contribution in [0, 0.1) is 11.6 Å². The van der Waals surface area contributed by atoms with Gasteiger partial charge in [-0.1, -0.05) is 12.1 Å². The molecule has 2 aliphatic rings. The van der Waals surface area contributed by atoms with Crippen LogP contribution < -0.4 is 4.90 Å². The fourth-order valence-corrected chi connectivity index (χ4v) is 4.83. The fraction of sp³-hybridized carbons (Fsp3) is 0.350. The monoisotopic (exact) mass is 390 g/mol. The number of halogens is 2. The Morgan fingerprint density at radius 3 is 2.89 bits per heavy atom. The SMILES string of the molecule is O=C(CN1CC(O)CC1c1cc(F)ccc1F)N1CCSc2ccccc21. The van der Waals surface area contributed by atoms with E-state index in [1.165, 1.54) is 0 Å². The summed E-state index contributed by atoms with van der Waals surface area (Å²) < 4.78 is 27.9. The van der Waals surface area contributed by atoms with Gasteiger partial charge in [-0.3, -0.25) is 9.69 Å². The van der Waals surface area contributed by atoms with Crippen molar-refractivity contribution >= 4 is 23.4 Å². The first-order chi connectivity index (χ1) is 13.0. The highest BCUT2D eigenvalue weighted by Crippen LogP contribution is 2.36. The molecule has 2 aromatic rings. The number of likely N-dealkylation sites (tertiary alicyclic amines) is 1. The minimum atomic E-state index is -0.672. The maximum absolute atomic E-state index is 14.2. The van der Waals surface area contributed by atoms with Crippen LogP contribution in [-0.4, -0.2) is 47.4 Å². The zero-order chi connectivity index (χ0) is 19.0. The van der Waals surface area contributed by atoms with Crippen LogP contribution in [0.2, 0.25) is 0 Å². The minimum absolute atomic E-state index is 0.0523. The minimum Gasteiger partial charge on any atom is -0.392 e. The third-order valence-corrected chi connectivity index (χ3v) is 6.11. The van der Waals surface area contributed by atoms with E-state index < -0.39 is 23.8 Å². The second kappa shape index (κ2) is 7.58. The van der Waals surface area contributed by atoms with Crippen LogP contribution in [0.4, 0.5) is 14.5 Å². The molecule has 0 aliphatic carbocycles. The summed E-state index contributed by atoms with van der Waals surface area (Å²) in [5.74, 6) is -0.333. The molecule has 1 N–H and O–H groups in total. The average molecular weight is 390 g/mol. The number of hydrogen-bond acceptors (Lipinski definition) is 4. The molecule has 0 radical (unpaired) electrons. The maximum atomic E-state index is 14.2. The number of amides is 1. The average Bonchev–Trinajstić information content (AvgIpc) is 3.03. The first-order valence-electron chi connectivity index (χ1n) is 8.92. The second-order valence-electron chi connectivity index (χ2n) is 6.86. The van der Waals surface area contributed by atoms with Gasteiger partial charge in [0.25, 0.3) is 0 Å². The van der Waals surface area contributed by atoms with Gasteiger partial charge in [-0.25, -0.2) is 8.78 Å². The number of carbonyl (C=O) groups excluding carboxylic acids is 1. The molecule has 0 saturated carbocycles. The van der Waals surface area contributed by atoms with Gasteiger partial charge in [0.2, 0.25) is 5.91 Å². The lowest BCUT2D eigenvalue weighted by molar-refractivity contribution is -0.120. The molecule has 2 unspecified atom stereocenters. The summed E-state index contributed by atoms with van der Waals surface area (Å²) in [5, 5.41) is 10.1. The Labute approximate surface area is 160 Å². The van der Waals surface area contributed by atoms with Gasteiger partial charge in [0.15, 0.2) is 0 Å². The normalized spacial score (nSPS) is 22.7. The Hall–Kier alpha value is -1.96. The van der Waals surface area contributed by atoms with E-state index in [-0.39, 0.29) is 31.0 Å². The second-order valence-corrected chi connectivity index (χ2v) is 8.00. The molecule has 142 valence electrons. The van der Waals surface area contributed by atoms with E-state index in [0.717, 1.165) is 34.5 Å². The van der Waals surface area contributed by atoms with Gasteiger partial charge >= 0.3 is 0 Å². The lowest BCUT2D eigenvalue weighted by Gasteiger charge is -2.32. The zero-order valence-corrected chi connectivity index (χ0v) is 15.5. The lowest BCUT2D eigenvalue weighted by Crippen LogP contribution is -2.43. The molecule has 1 fully saturated rings. The highest BCUT2D eigenvalue weighted by atomic mass is 32.2. The van der Waals surface area contributed by atoms with Crippen LogP contribution in [0.5, 0.6) is 0 Å². The van der Waals surface area contributed by atoms with Crippen LogP contribution in [0.3, 0.4) is 0 Å². The van der Waals surface area contributed by atoms with E-state index in [4.69, 9.17) is 0 Å². The van der Waals surface area contributed by atoms with Crippen molar-refractivity contribution in [3.63, 3.8) is 0 Å². The van der Waals surface area contributed by atoms with Crippen molar-refractivity contribution in [3.05, 3.63) is 59.7 Å².